The predicted octanol–water partition coefficient (Wildman–Crippen LogP) is 4.63. The number of aryl methyl sites for hydroxylation is 1. The molecule has 6 heteroatoms. The van der Waals surface area contributed by atoms with Gasteiger partial charge < -0.3 is 9.88 Å². The minimum atomic E-state index is -0.0874. The number of hydrogen-bond acceptors (Lipinski definition) is 3. The Hall–Kier alpha value is -2.34. The summed E-state index contributed by atoms with van der Waals surface area (Å²) in [5.74, 6) is 0.651. The fourth-order valence-electron chi connectivity index (χ4n) is 2.95. The lowest BCUT2D eigenvalue weighted by molar-refractivity contribution is 0.102. The number of thiophene rings is 1. The predicted molar refractivity (Wildman–Crippen MR) is 103 cm³/mol. The summed E-state index contributed by atoms with van der Waals surface area (Å²) in [4.78, 5) is 14.1. The molecule has 0 aliphatic heterocycles. The third-order valence-corrected chi connectivity index (χ3v) is 5.49. The Bertz CT molecular complexity index is 860. The molecule has 25 heavy (non-hydrogen) atoms. The van der Waals surface area contributed by atoms with Gasteiger partial charge >= 0.3 is 0 Å². The maximum Gasteiger partial charge on any atom is 0.258 e. The third kappa shape index (κ3) is 3.54. The van der Waals surface area contributed by atoms with Crippen molar-refractivity contribution in [3.8, 4) is 0 Å². The first kappa shape index (κ1) is 17.5. The molecule has 0 aliphatic carbocycles. The van der Waals surface area contributed by atoms with E-state index in [0.29, 0.717) is 5.56 Å². The van der Waals surface area contributed by atoms with Crippen molar-refractivity contribution in [2.75, 3.05) is 5.32 Å². The molecule has 3 heterocycles. The highest BCUT2D eigenvalue weighted by Gasteiger charge is 2.18. The zero-order chi connectivity index (χ0) is 18.0. The summed E-state index contributed by atoms with van der Waals surface area (Å²) in [5, 5.41) is 9.42. The molecule has 0 aromatic carbocycles. The van der Waals surface area contributed by atoms with Crippen molar-refractivity contribution < 1.29 is 4.79 Å². The van der Waals surface area contributed by atoms with Gasteiger partial charge in [0.15, 0.2) is 0 Å². The Morgan fingerprint density at radius 1 is 1.36 bits per heavy atom. The molecule has 1 N–H and O–H groups in total. The van der Waals surface area contributed by atoms with Crippen LogP contribution in [-0.4, -0.2) is 20.3 Å². The zero-order valence-corrected chi connectivity index (χ0v) is 15.9. The first-order valence-corrected chi connectivity index (χ1v) is 9.43. The molecule has 0 spiro atoms. The molecule has 5 nitrogen and oxygen atoms in total. The van der Waals surface area contributed by atoms with Gasteiger partial charge in [-0.25, -0.2) is 4.68 Å². The van der Waals surface area contributed by atoms with Crippen molar-refractivity contribution in [1.82, 2.24) is 14.3 Å². The standard InChI is InChI=1S/C19H24N4OS/c1-5-13(2)23-18(8-9-20-23)21-19(24)17-11-14(3)22(15(17)4)12-16-7-6-10-25-16/h6-11,13H,5,12H2,1-4H3,(H,21,24). The smallest absolute Gasteiger partial charge is 0.258 e. The molecule has 0 fully saturated rings. The van der Waals surface area contributed by atoms with Gasteiger partial charge in [-0.05, 0) is 44.7 Å². The average molecular weight is 356 g/mol. The number of rotatable bonds is 6. The van der Waals surface area contributed by atoms with Crippen molar-refractivity contribution in [2.24, 2.45) is 0 Å². The van der Waals surface area contributed by atoms with Crippen LogP contribution >= 0.6 is 11.3 Å². The summed E-state index contributed by atoms with van der Waals surface area (Å²) in [6.45, 7) is 9.04. The van der Waals surface area contributed by atoms with Crippen LogP contribution in [0.4, 0.5) is 5.82 Å². The summed E-state index contributed by atoms with van der Waals surface area (Å²) in [6.07, 6.45) is 2.68. The number of aromatic nitrogens is 3. The summed E-state index contributed by atoms with van der Waals surface area (Å²) in [5.41, 5.74) is 2.79. The average Bonchev–Trinajstić information content (AvgIpc) is 3.32. The number of anilines is 1. The van der Waals surface area contributed by atoms with E-state index in [2.05, 4.69) is 46.3 Å². The Kier molecular flexibility index (Phi) is 5.08. The van der Waals surface area contributed by atoms with E-state index < -0.39 is 0 Å². The largest absolute Gasteiger partial charge is 0.343 e. The summed E-state index contributed by atoms with van der Waals surface area (Å²) < 4.78 is 4.05. The van der Waals surface area contributed by atoms with E-state index in [1.54, 1.807) is 17.5 Å². The van der Waals surface area contributed by atoms with Crippen molar-refractivity contribution in [3.05, 3.63) is 57.7 Å². The van der Waals surface area contributed by atoms with Gasteiger partial charge in [-0.2, -0.15) is 5.10 Å². The van der Waals surface area contributed by atoms with Crippen LogP contribution in [0, 0.1) is 13.8 Å². The van der Waals surface area contributed by atoms with Crippen LogP contribution in [0.3, 0.4) is 0 Å². The molecule has 0 radical (unpaired) electrons. The number of carbonyl (C=O) groups excluding carboxylic acids is 1. The lowest BCUT2D eigenvalue weighted by Gasteiger charge is -2.14. The summed E-state index contributed by atoms with van der Waals surface area (Å²) in [6, 6.07) is 8.22. The second-order valence-electron chi connectivity index (χ2n) is 6.32. The molecular weight excluding hydrogens is 332 g/mol. The van der Waals surface area contributed by atoms with Crippen LogP contribution in [0.1, 0.15) is 52.9 Å². The molecule has 0 aliphatic rings. The van der Waals surface area contributed by atoms with Crippen LogP contribution < -0.4 is 5.32 Å². The molecule has 1 atom stereocenters. The van der Waals surface area contributed by atoms with Crippen LogP contribution in [0.25, 0.3) is 0 Å². The number of carbonyl (C=O) groups is 1. The lowest BCUT2D eigenvalue weighted by Crippen LogP contribution is -2.18. The highest BCUT2D eigenvalue weighted by Crippen LogP contribution is 2.22. The number of nitrogens with zero attached hydrogens (tertiary/aromatic N) is 3. The van der Waals surface area contributed by atoms with Crippen LogP contribution in [0.2, 0.25) is 0 Å². The van der Waals surface area contributed by atoms with Crippen LogP contribution in [0.15, 0.2) is 35.8 Å². The molecule has 132 valence electrons. The van der Waals surface area contributed by atoms with Gasteiger partial charge in [-0.15, -0.1) is 11.3 Å². The molecule has 3 aromatic rings. The summed E-state index contributed by atoms with van der Waals surface area (Å²) >= 11 is 1.73. The number of nitrogens with one attached hydrogen (secondary N) is 1. The van der Waals surface area contributed by atoms with E-state index in [4.69, 9.17) is 0 Å². The second kappa shape index (κ2) is 7.27. The van der Waals surface area contributed by atoms with E-state index in [1.165, 1.54) is 4.88 Å². The SMILES string of the molecule is CCC(C)n1nccc1NC(=O)c1cc(C)n(Cc2cccs2)c1C. The maximum atomic E-state index is 12.8. The van der Waals surface area contributed by atoms with Gasteiger partial charge in [0, 0.05) is 22.3 Å². The summed E-state index contributed by atoms with van der Waals surface area (Å²) in [7, 11) is 0. The van der Waals surface area contributed by atoms with E-state index in [9.17, 15) is 4.79 Å². The van der Waals surface area contributed by atoms with Gasteiger partial charge in [0.25, 0.3) is 5.91 Å². The molecule has 0 bridgehead atoms. The van der Waals surface area contributed by atoms with E-state index in [-0.39, 0.29) is 11.9 Å². The Labute approximate surface area is 152 Å². The highest BCUT2D eigenvalue weighted by atomic mass is 32.1. The van der Waals surface area contributed by atoms with Gasteiger partial charge in [-0.1, -0.05) is 13.0 Å². The fourth-order valence-corrected chi connectivity index (χ4v) is 3.65. The second-order valence-corrected chi connectivity index (χ2v) is 7.35. The zero-order valence-electron chi connectivity index (χ0n) is 15.1. The van der Waals surface area contributed by atoms with Crippen molar-refractivity contribution in [3.63, 3.8) is 0 Å². The maximum absolute atomic E-state index is 12.8. The minimum Gasteiger partial charge on any atom is -0.343 e. The Morgan fingerprint density at radius 2 is 2.16 bits per heavy atom. The van der Waals surface area contributed by atoms with Crippen LogP contribution in [-0.2, 0) is 6.54 Å². The van der Waals surface area contributed by atoms with Crippen molar-refractivity contribution >= 4 is 23.1 Å². The first-order valence-electron chi connectivity index (χ1n) is 8.55. The van der Waals surface area contributed by atoms with Crippen LogP contribution in [0.5, 0.6) is 0 Å². The van der Waals surface area contributed by atoms with Gasteiger partial charge in [0.2, 0.25) is 0 Å². The molecule has 0 saturated heterocycles. The van der Waals surface area contributed by atoms with Gasteiger partial charge in [-0.3, -0.25) is 4.79 Å². The normalized spacial score (nSPS) is 12.3. The third-order valence-electron chi connectivity index (χ3n) is 4.63. The lowest BCUT2D eigenvalue weighted by atomic mass is 10.2. The first-order chi connectivity index (χ1) is 12.0. The van der Waals surface area contributed by atoms with Gasteiger partial charge in [0.1, 0.15) is 5.82 Å². The highest BCUT2D eigenvalue weighted by molar-refractivity contribution is 7.09. The quantitative estimate of drug-likeness (QED) is 0.700. The number of hydrogen-bond donors (Lipinski definition) is 1. The number of amides is 1. The molecule has 0 saturated carbocycles. The minimum absolute atomic E-state index is 0.0874. The molecule has 3 rings (SSSR count). The molecule has 1 unspecified atom stereocenters. The van der Waals surface area contributed by atoms with E-state index >= 15 is 0 Å². The topological polar surface area (TPSA) is 51.9 Å². The molecule has 1 amide bonds. The van der Waals surface area contributed by atoms with Gasteiger partial charge in [0.05, 0.1) is 24.3 Å². The monoisotopic (exact) mass is 356 g/mol. The Morgan fingerprint density at radius 3 is 2.84 bits per heavy atom. The molecular formula is C19H24N4OS. The van der Waals surface area contributed by atoms with Crippen molar-refractivity contribution in [2.45, 2.75) is 46.7 Å². The fraction of sp³-hybridized carbons (Fsp3) is 0.368. The van der Waals surface area contributed by atoms with E-state index in [0.717, 1.165) is 30.2 Å². The Balaban J connectivity index is 1.83. The van der Waals surface area contributed by atoms with Crippen molar-refractivity contribution in [1.29, 1.82) is 0 Å². The molecule has 3 aromatic heterocycles. The van der Waals surface area contributed by atoms with E-state index in [1.807, 2.05) is 30.7 Å².